The first-order valence-electron chi connectivity index (χ1n) is 7.24. The Morgan fingerprint density at radius 2 is 2.33 bits per heavy atom. The highest BCUT2D eigenvalue weighted by molar-refractivity contribution is 5.84. The summed E-state index contributed by atoms with van der Waals surface area (Å²) in [6.45, 7) is 7.31. The molecule has 1 fully saturated rings. The van der Waals surface area contributed by atoms with E-state index in [1.165, 1.54) is 0 Å². The first-order valence-corrected chi connectivity index (χ1v) is 7.24. The van der Waals surface area contributed by atoms with Crippen LogP contribution < -0.4 is 15.4 Å². The van der Waals surface area contributed by atoms with Gasteiger partial charge in [-0.05, 0) is 33.4 Å². The van der Waals surface area contributed by atoms with E-state index < -0.39 is 11.7 Å². The highest BCUT2D eigenvalue weighted by Crippen LogP contribution is 2.37. The lowest BCUT2D eigenvalue weighted by Crippen LogP contribution is -2.36. The molecule has 1 saturated heterocycles. The highest BCUT2D eigenvalue weighted by Gasteiger charge is 2.42. The molecule has 2 aliphatic rings. The first kappa shape index (κ1) is 14.1. The molecule has 6 nitrogen and oxygen atoms in total. The quantitative estimate of drug-likeness (QED) is 0.829. The molecule has 0 saturated carbocycles. The van der Waals surface area contributed by atoms with Crippen molar-refractivity contribution in [1.29, 1.82) is 0 Å². The number of carbonyl (C=O) groups is 1. The molecule has 3 rings (SSSR count). The van der Waals surface area contributed by atoms with Crippen molar-refractivity contribution in [3.05, 3.63) is 17.8 Å². The summed E-state index contributed by atoms with van der Waals surface area (Å²) in [5, 5.41) is 6.03. The summed E-state index contributed by atoms with van der Waals surface area (Å²) in [6.07, 6.45) is 2.94. The van der Waals surface area contributed by atoms with Crippen molar-refractivity contribution in [2.75, 3.05) is 18.4 Å². The molecule has 2 N–H and O–H groups in total. The van der Waals surface area contributed by atoms with Crippen LogP contribution in [-0.2, 0) is 11.2 Å². The number of rotatable bonds is 1. The van der Waals surface area contributed by atoms with Gasteiger partial charge in [0.1, 0.15) is 11.2 Å². The van der Waals surface area contributed by atoms with Crippen LogP contribution in [0.1, 0.15) is 32.8 Å². The van der Waals surface area contributed by atoms with Crippen LogP contribution in [0.4, 0.5) is 10.5 Å². The fraction of sp³-hybridized carbons (Fsp3) is 0.600. The predicted molar refractivity (Wildman–Crippen MR) is 78.6 cm³/mol. The Hall–Kier alpha value is -1.82. The number of ether oxygens (including phenoxy) is 2. The van der Waals surface area contributed by atoms with Crippen LogP contribution in [0.2, 0.25) is 0 Å². The van der Waals surface area contributed by atoms with Gasteiger partial charge in [-0.3, -0.25) is 5.32 Å². The molecule has 1 unspecified atom stereocenters. The van der Waals surface area contributed by atoms with Crippen molar-refractivity contribution in [2.24, 2.45) is 0 Å². The van der Waals surface area contributed by atoms with Crippen LogP contribution in [0.25, 0.3) is 0 Å². The predicted octanol–water partition coefficient (Wildman–Crippen LogP) is 2.10. The molecule has 0 aromatic carbocycles. The Bertz CT molecular complexity index is 560. The molecule has 0 bridgehead atoms. The smallest absolute Gasteiger partial charge is 0.412 e. The van der Waals surface area contributed by atoms with E-state index in [-0.39, 0.29) is 5.60 Å². The second-order valence-corrected chi connectivity index (χ2v) is 6.70. The van der Waals surface area contributed by atoms with Gasteiger partial charge in [0.25, 0.3) is 0 Å². The van der Waals surface area contributed by atoms with E-state index in [0.29, 0.717) is 11.6 Å². The summed E-state index contributed by atoms with van der Waals surface area (Å²) in [6, 6.07) is 1.92. The van der Waals surface area contributed by atoms with E-state index in [9.17, 15) is 4.79 Å². The second kappa shape index (κ2) is 4.87. The van der Waals surface area contributed by atoms with Gasteiger partial charge in [-0.1, -0.05) is 0 Å². The number of fused-ring (bicyclic) bond motifs is 1. The Morgan fingerprint density at radius 3 is 3.00 bits per heavy atom. The topological polar surface area (TPSA) is 72.5 Å². The zero-order chi connectivity index (χ0) is 15.1. The molecule has 1 aromatic rings. The Kier molecular flexibility index (Phi) is 3.28. The fourth-order valence-electron chi connectivity index (χ4n) is 2.75. The van der Waals surface area contributed by atoms with E-state index in [4.69, 9.17) is 9.47 Å². The lowest BCUT2D eigenvalue weighted by atomic mass is 9.97. The van der Waals surface area contributed by atoms with Gasteiger partial charge < -0.3 is 14.8 Å². The lowest BCUT2D eigenvalue weighted by molar-refractivity contribution is 0.0635. The Labute approximate surface area is 124 Å². The normalized spacial score (nSPS) is 23.8. The number of amides is 1. The SMILES string of the molecule is CC(C)(C)OC(=O)Nc1cnc2c(c1)CC1(CCNC1)O2. The van der Waals surface area contributed by atoms with Crippen molar-refractivity contribution in [2.45, 2.75) is 44.8 Å². The standard InChI is InChI=1S/C15H21N3O3/c1-14(2,3)21-13(19)18-11-6-10-7-15(4-5-16-9-15)20-12(10)17-8-11/h6,8,16H,4-5,7,9H2,1-3H3,(H,18,19). The van der Waals surface area contributed by atoms with Gasteiger partial charge in [-0.25, -0.2) is 9.78 Å². The maximum absolute atomic E-state index is 11.8. The number of nitrogens with zero attached hydrogens (tertiary/aromatic N) is 1. The number of nitrogens with one attached hydrogen (secondary N) is 2. The van der Waals surface area contributed by atoms with Gasteiger partial charge in [0.15, 0.2) is 0 Å². The maximum atomic E-state index is 11.8. The minimum atomic E-state index is -0.517. The van der Waals surface area contributed by atoms with Gasteiger partial charge >= 0.3 is 6.09 Å². The highest BCUT2D eigenvalue weighted by atomic mass is 16.6. The number of pyridine rings is 1. The third-order valence-corrected chi connectivity index (χ3v) is 3.60. The molecule has 1 aromatic heterocycles. The summed E-state index contributed by atoms with van der Waals surface area (Å²) in [7, 11) is 0. The van der Waals surface area contributed by atoms with E-state index in [1.54, 1.807) is 6.20 Å². The minimum Gasteiger partial charge on any atom is -0.469 e. The molecule has 1 amide bonds. The summed E-state index contributed by atoms with van der Waals surface area (Å²) in [5.41, 5.74) is 0.999. The third kappa shape index (κ3) is 3.10. The summed E-state index contributed by atoms with van der Waals surface area (Å²) in [5.74, 6) is 0.674. The van der Waals surface area contributed by atoms with Crippen LogP contribution in [-0.4, -0.2) is 35.4 Å². The van der Waals surface area contributed by atoms with Crippen LogP contribution in [0, 0.1) is 0 Å². The maximum Gasteiger partial charge on any atom is 0.412 e. The molecular formula is C15H21N3O3. The second-order valence-electron chi connectivity index (χ2n) is 6.70. The summed E-state index contributed by atoms with van der Waals surface area (Å²) in [4.78, 5) is 16.1. The van der Waals surface area contributed by atoms with E-state index in [0.717, 1.165) is 31.5 Å². The van der Waals surface area contributed by atoms with Crippen LogP contribution in [0.3, 0.4) is 0 Å². The average Bonchev–Trinajstić information content (AvgIpc) is 2.93. The number of hydrogen-bond acceptors (Lipinski definition) is 5. The van der Waals surface area contributed by atoms with Gasteiger partial charge in [-0.15, -0.1) is 0 Å². The van der Waals surface area contributed by atoms with E-state index in [1.807, 2.05) is 26.8 Å². The van der Waals surface area contributed by atoms with E-state index >= 15 is 0 Å². The molecule has 1 spiro atoms. The number of anilines is 1. The van der Waals surface area contributed by atoms with Crippen LogP contribution in [0.15, 0.2) is 12.3 Å². The average molecular weight is 291 g/mol. The first-order chi connectivity index (χ1) is 9.85. The summed E-state index contributed by atoms with van der Waals surface area (Å²) >= 11 is 0. The molecule has 0 aliphatic carbocycles. The van der Waals surface area contributed by atoms with Crippen molar-refractivity contribution in [3.8, 4) is 5.88 Å². The molecule has 21 heavy (non-hydrogen) atoms. The number of hydrogen-bond donors (Lipinski definition) is 2. The molecule has 2 aliphatic heterocycles. The van der Waals surface area contributed by atoms with Gasteiger partial charge in [0.2, 0.25) is 5.88 Å². The molecule has 3 heterocycles. The molecular weight excluding hydrogens is 270 g/mol. The van der Waals surface area contributed by atoms with Gasteiger partial charge in [-0.2, -0.15) is 0 Å². The molecule has 1 atom stereocenters. The Morgan fingerprint density at radius 1 is 1.52 bits per heavy atom. The minimum absolute atomic E-state index is 0.153. The molecule has 0 radical (unpaired) electrons. The van der Waals surface area contributed by atoms with Crippen LogP contribution >= 0.6 is 0 Å². The lowest BCUT2D eigenvalue weighted by Gasteiger charge is -2.20. The third-order valence-electron chi connectivity index (χ3n) is 3.60. The fourth-order valence-corrected chi connectivity index (χ4v) is 2.75. The number of carbonyl (C=O) groups excluding carboxylic acids is 1. The zero-order valence-corrected chi connectivity index (χ0v) is 12.7. The van der Waals surface area contributed by atoms with Crippen molar-refractivity contribution < 1.29 is 14.3 Å². The molecule has 6 heteroatoms. The van der Waals surface area contributed by atoms with Crippen molar-refractivity contribution in [1.82, 2.24) is 10.3 Å². The monoisotopic (exact) mass is 291 g/mol. The van der Waals surface area contributed by atoms with E-state index in [2.05, 4.69) is 15.6 Å². The van der Waals surface area contributed by atoms with Crippen molar-refractivity contribution in [3.63, 3.8) is 0 Å². The zero-order valence-electron chi connectivity index (χ0n) is 12.7. The van der Waals surface area contributed by atoms with Crippen molar-refractivity contribution >= 4 is 11.8 Å². The van der Waals surface area contributed by atoms with Crippen LogP contribution in [0.5, 0.6) is 5.88 Å². The number of aromatic nitrogens is 1. The summed E-state index contributed by atoms with van der Waals surface area (Å²) < 4.78 is 11.2. The van der Waals surface area contributed by atoms with Gasteiger partial charge in [0, 0.05) is 24.9 Å². The Balaban J connectivity index is 1.69. The molecule has 114 valence electrons. The van der Waals surface area contributed by atoms with Gasteiger partial charge in [0.05, 0.1) is 11.9 Å². The largest absolute Gasteiger partial charge is 0.469 e.